The SMILES string of the molecule is C.CC.CC.CC.CC.CC.CC.CC.CC.CC.CC.CC.CC.CC.CC(C)(C)C.CC1(C)C2CC3CC(C2)C1C3.CC1(C)C2CC3CC(C2)CC1C3.CC1(C)C=CCC1.CC1(C)C=CCCC1.CC1(C)CC2CC1C1C3CCC(C3)C21.CC1(C)CC2CC1C1CCCC21.CC1(C)CC2CC1C1CCCCC21.CC1(C)CC2CCC1C2.CC1(C)CCCC1.CC1(C)CCCCC1. The van der Waals surface area contributed by atoms with Crippen LogP contribution in [0, 0.1) is 202 Å². The van der Waals surface area contributed by atoms with E-state index in [2.05, 4.69) is 190 Å². The number of hydrogen-bond donors (Lipinski definition) is 0. The second kappa shape index (κ2) is 65.8. The van der Waals surface area contributed by atoms with Crippen molar-refractivity contribution in [1.82, 2.24) is 0 Å². The Bertz CT molecular complexity index is 2780. The van der Waals surface area contributed by atoms with E-state index in [1.165, 1.54) is 152 Å². The lowest BCUT2D eigenvalue weighted by Gasteiger charge is -2.59. The van der Waals surface area contributed by atoms with Crippen molar-refractivity contribution in [3.8, 4) is 0 Å². The molecule has 18 bridgehead atoms. The van der Waals surface area contributed by atoms with Gasteiger partial charge in [0.15, 0.2) is 0 Å². The summed E-state index contributed by atoms with van der Waals surface area (Å²) in [5.41, 5.74) is 7.13. The highest BCUT2D eigenvalue weighted by Crippen LogP contribution is 2.73. The lowest BCUT2D eigenvalue weighted by atomic mass is 9.46. The molecule has 0 aromatic carbocycles. The molecule has 0 amide bonds. The first-order valence-corrected chi connectivity index (χ1v) is 61.7. The number of fused-ring (bicyclic) bond motifs is 21. The Morgan fingerprint density at radius 1 is 0.218 bits per heavy atom. The molecule has 0 aliphatic heterocycles. The summed E-state index contributed by atoms with van der Waals surface area (Å²) in [5, 5.41) is 0. The molecule has 22 saturated carbocycles. The molecule has 133 heavy (non-hydrogen) atoms. The van der Waals surface area contributed by atoms with Gasteiger partial charge in [-0.3, -0.25) is 0 Å². The smallest absolute Gasteiger partial charge is 0.0172 e. The van der Waals surface area contributed by atoms with Crippen molar-refractivity contribution in [3.63, 3.8) is 0 Å². The molecule has 20 unspecified atom stereocenters. The minimum atomic E-state index is 0. The zero-order valence-corrected chi connectivity index (χ0v) is 102. The number of allylic oxidation sites excluding steroid dienone is 4. The lowest BCUT2D eigenvalue weighted by Crippen LogP contribution is -2.49. The zero-order chi connectivity index (χ0) is 103. The van der Waals surface area contributed by atoms with Gasteiger partial charge in [0.2, 0.25) is 0 Å². The minimum absolute atomic E-state index is 0. The normalized spacial score (nSPS) is 36.4. The van der Waals surface area contributed by atoms with Gasteiger partial charge in [-0.1, -0.05) is 436 Å². The highest BCUT2D eigenvalue weighted by atomic mass is 14.7. The summed E-state index contributed by atoms with van der Waals surface area (Å²) in [6, 6.07) is 0. The van der Waals surface area contributed by atoms with E-state index in [9.17, 15) is 0 Å². The predicted molar refractivity (Wildman–Crippen MR) is 618 cm³/mol. The average molecular weight is 1870 g/mol. The Morgan fingerprint density at radius 2 is 0.564 bits per heavy atom. The molecule has 20 atom stereocenters. The van der Waals surface area contributed by atoms with E-state index in [0.717, 1.165) is 118 Å². The Morgan fingerprint density at radius 3 is 0.880 bits per heavy atom. The zero-order valence-electron chi connectivity index (χ0n) is 102. The first kappa shape index (κ1) is 137. The average Bonchev–Trinajstić information content (AvgIpc) is 1.53. The van der Waals surface area contributed by atoms with E-state index in [1.807, 2.05) is 180 Å². The molecule has 0 aromatic heterocycles. The van der Waals surface area contributed by atoms with E-state index < -0.39 is 0 Å². The topological polar surface area (TPSA) is 0 Å². The Balaban J connectivity index is -0.00000137. The van der Waals surface area contributed by atoms with E-state index in [0.29, 0.717) is 54.1 Å². The summed E-state index contributed by atoms with van der Waals surface area (Å²) in [5.74, 6) is 27.3. The van der Waals surface area contributed by atoms with Crippen molar-refractivity contribution in [3.05, 3.63) is 24.3 Å². The second-order valence-corrected chi connectivity index (χ2v) is 52.4. The van der Waals surface area contributed by atoms with Gasteiger partial charge in [-0.25, -0.2) is 0 Å². The molecule has 0 nitrogen and oxygen atoms in total. The van der Waals surface area contributed by atoms with Crippen LogP contribution in [0.4, 0.5) is 0 Å². The largest absolute Gasteiger partial charge is 0.0880 e. The van der Waals surface area contributed by atoms with E-state index in [-0.39, 0.29) is 7.43 Å². The molecule has 24 rings (SSSR count). The fourth-order valence-corrected chi connectivity index (χ4v) is 32.5. The minimum Gasteiger partial charge on any atom is -0.0880 e. The van der Waals surface area contributed by atoms with Crippen LogP contribution >= 0.6 is 0 Å². The Hall–Kier alpha value is -0.520. The second-order valence-electron chi connectivity index (χ2n) is 52.4. The van der Waals surface area contributed by atoms with Crippen LogP contribution in [0.5, 0.6) is 0 Å². The molecular weight excluding hydrogens is 1600 g/mol. The fraction of sp³-hybridized carbons (Fsp3) is 0.970. The van der Waals surface area contributed by atoms with Gasteiger partial charge in [0.05, 0.1) is 0 Å². The Kier molecular flexibility index (Phi) is 67.6. The van der Waals surface area contributed by atoms with Crippen molar-refractivity contribution in [2.75, 3.05) is 0 Å². The quantitative estimate of drug-likeness (QED) is 0.168. The van der Waals surface area contributed by atoms with Gasteiger partial charge in [0, 0.05) is 0 Å². The van der Waals surface area contributed by atoms with Gasteiger partial charge in [-0.15, -0.1) is 0 Å². The standard InChI is InChI=1S/C14H22.C13H22.2C12H20.C11H18.C9H16.C8H16.C8H14.C7H14.C7H12.C5H12.13C2H6.CH4/c1-14(2)7-10-6-11(14)13-9-4-3-8(5-9)12(10)13;1-13(2)8-9-7-12(13)11-6-4-3-5-10(9)11;1-12(2)10-4-8-3-9(6-10)7-11(12)5-8;1-12(2)7-8-6-11(12)10-5-3-4-9(8)10;1-11(2)9-4-7-3-8(6-9)10(11)5-7;1-9(2)6-7-3-4-8(9)5-7;2*1-8(2)6-4-3-5-7-8;2*1-7(2)5-3-4-6-7;1-5(2,3)4;13*1-2;/h8-13H,3-7H2,1-2H3;9-12H,3-8H2,1-2H3;2*8-11H,3-7H2,1-2H3;7-10H,3-6H2,1-2H3;7-8H,3-6H2,1-2H3;3-7H2,1-2H3;4,6H,3,5,7H2,1-2H3;3-6H2,1-2H3;3,5H,4,6H2,1-2H3;1-4H3;13*1-2H3;1H4. The van der Waals surface area contributed by atoms with Crippen LogP contribution in [0.25, 0.3) is 0 Å². The van der Waals surface area contributed by atoms with Crippen LogP contribution in [0.3, 0.4) is 0 Å². The molecule has 24 aliphatic rings. The highest BCUT2D eigenvalue weighted by Gasteiger charge is 2.65. The van der Waals surface area contributed by atoms with Gasteiger partial charge in [0.25, 0.3) is 0 Å². The van der Waals surface area contributed by atoms with Crippen molar-refractivity contribution >= 4 is 0 Å². The lowest BCUT2D eigenvalue weighted by molar-refractivity contribution is -0.0876. The highest BCUT2D eigenvalue weighted by molar-refractivity contribution is 5.14. The maximum Gasteiger partial charge on any atom is -0.0172 e. The number of hydrogen-bond acceptors (Lipinski definition) is 0. The van der Waals surface area contributed by atoms with Crippen LogP contribution in [0.15, 0.2) is 24.3 Å². The number of rotatable bonds is 0. The first-order valence-electron chi connectivity index (χ1n) is 61.7. The summed E-state index contributed by atoms with van der Waals surface area (Å²) in [7, 11) is 0. The molecular formula is C133H268. The molecule has 800 valence electrons. The van der Waals surface area contributed by atoms with E-state index in [1.54, 1.807) is 154 Å². The third-order valence-corrected chi connectivity index (χ3v) is 38.0. The molecule has 0 heterocycles. The van der Waals surface area contributed by atoms with E-state index >= 15 is 0 Å². The summed E-state index contributed by atoms with van der Waals surface area (Å²) < 4.78 is 0. The van der Waals surface area contributed by atoms with Crippen molar-refractivity contribution < 1.29 is 0 Å². The van der Waals surface area contributed by atoms with Crippen LogP contribution in [0.1, 0.15) is 630 Å². The van der Waals surface area contributed by atoms with Gasteiger partial charge >= 0.3 is 0 Å². The monoisotopic (exact) mass is 1870 g/mol. The molecule has 0 spiro atoms. The van der Waals surface area contributed by atoms with E-state index in [4.69, 9.17) is 0 Å². The first-order chi connectivity index (χ1) is 62.4. The van der Waals surface area contributed by atoms with Gasteiger partial charge in [0.1, 0.15) is 0 Å². The van der Waals surface area contributed by atoms with Gasteiger partial charge in [-0.05, 0) is 420 Å². The van der Waals surface area contributed by atoms with Crippen molar-refractivity contribution in [2.45, 2.75) is 630 Å². The van der Waals surface area contributed by atoms with Crippen LogP contribution in [0.2, 0.25) is 0 Å². The third-order valence-electron chi connectivity index (χ3n) is 38.0. The molecule has 22 fully saturated rings. The third kappa shape index (κ3) is 40.8. The molecule has 0 heteroatoms. The molecule has 0 aromatic rings. The summed E-state index contributed by atoms with van der Waals surface area (Å²) in [4.78, 5) is 0. The Labute approximate surface area is 850 Å². The van der Waals surface area contributed by atoms with Crippen LogP contribution in [-0.2, 0) is 0 Å². The molecule has 0 N–H and O–H groups in total. The molecule has 0 radical (unpaired) electrons. The molecule has 24 aliphatic carbocycles. The van der Waals surface area contributed by atoms with Gasteiger partial charge in [-0.2, -0.15) is 0 Å². The van der Waals surface area contributed by atoms with Crippen LogP contribution in [-0.4, -0.2) is 0 Å². The van der Waals surface area contributed by atoms with Crippen molar-refractivity contribution in [1.29, 1.82) is 0 Å². The predicted octanol–water partition coefficient (Wildman–Crippen LogP) is 47.1. The summed E-state index contributed by atoms with van der Waals surface area (Å²) in [6.07, 6.45) is 74.4. The summed E-state index contributed by atoms with van der Waals surface area (Å²) in [6.45, 7) is 109. The van der Waals surface area contributed by atoms with Crippen LogP contribution < -0.4 is 0 Å². The maximum atomic E-state index is 2.54. The fourth-order valence-electron chi connectivity index (χ4n) is 32.5. The molecule has 0 saturated heterocycles. The summed E-state index contributed by atoms with van der Waals surface area (Å²) >= 11 is 0. The van der Waals surface area contributed by atoms with Crippen molar-refractivity contribution in [2.24, 2.45) is 202 Å². The maximum absolute atomic E-state index is 2.54. The van der Waals surface area contributed by atoms with Gasteiger partial charge < -0.3 is 0 Å².